The highest BCUT2D eigenvalue weighted by molar-refractivity contribution is 5.87. The summed E-state index contributed by atoms with van der Waals surface area (Å²) in [6.07, 6.45) is 18.1. The molecular formula is C25H35NO3. The number of hydrogen-bond acceptors (Lipinski definition) is 3. The molecule has 29 heavy (non-hydrogen) atoms. The summed E-state index contributed by atoms with van der Waals surface area (Å²) in [4.78, 5) is 11.2. The molecule has 1 aromatic rings. The second kappa shape index (κ2) is 15.5. The molecule has 1 aromatic carbocycles. The number of aliphatic hydroxyl groups is 1. The van der Waals surface area contributed by atoms with Gasteiger partial charge in [0.1, 0.15) is 0 Å². The van der Waals surface area contributed by atoms with E-state index in [9.17, 15) is 9.90 Å². The number of carbonyl (C=O) groups is 1. The van der Waals surface area contributed by atoms with E-state index in [4.69, 9.17) is 10.4 Å². The summed E-state index contributed by atoms with van der Waals surface area (Å²) >= 11 is 0. The van der Waals surface area contributed by atoms with Crippen molar-refractivity contribution in [1.29, 1.82) is 5.26 Å². The first-order valence-electron chi connectivity index (χ1n) is 10.8. The molecule has 0 spiro atoms. The van der Waals surface area contributed by atoms with Crippen molar-refractivity contribution in [3.05, 3.63) is 59.7 Å². The molecule has 0 aliphatic carbocycles. The maximum absolute atomic E-state index is 11.2. The fourth-order valence-corrected chi connectivity index (χ4v) is 3.29. The van der Waals surface area contributed by atoms with Crippen molar-refractivity contribution >= 4 is 5.97 Å². The van der Waals surface area contributed by atoms with Gasteiger partial charge in [-0.15, -0.1) is 0 Å². The normalized spacial score (nSPS) is 13.6. The van der Waals surface area contributed by atoms with E-state index in [0.29, 0.717) is 18.4 Å². The number of nitrogens with zero attached hydrogens (tertiary/aromatic N) is 1. The van der Waals surface area contributed by atoms with Crippen LogP contribution < -0.4 is 0 Å². The summed E-state index contributed by atoms with van der Waals surface area (Å²) in [6.45, 7) is 2.23. The van der Waals surface area contributed by atoms with E-state index >= 15 is 0 Å². The lowest BCUT2D eigenvalue weighted by Gasteiger charge is -2.19. The molecule has 4 nitrogen and oxygen atoms in total. The van der Waals surface area contributed by atoms with Crippen LogP contribution >= 0.6 is 0 Å². The molecule has 0 saturated carbocycles. The minimum atomic E-state index is -1.02. The Balaban J connectivity index is 2.52. The van der Waals surface area contributed by atoms with Crippen LogP contribution in [0, 0.1) is 17.2 Å². The second-order valence-corrected chi connectivity index (χ2v) is 7.46. The van der Waals surface area contributed by atoms with Gasteiger partial charge in [0, 0.05) is 12.3 Å². The third-order valence-electron chi connectivity index (χ3n) is 5.05. The van der Waals surface area contributed by atoms with E-state index < -0.39 is 12.1 Å². The molecule has 2 N–H and O–H groups in total. The Hall–Kier alpha value is -2.38. The van der Waals surface area contributed by atoms with Crippen molar-refractivity contribution in [3.63, 3.8) is 0 Å². The molecule has 0 bridgehead atoms. The molecule has 0 fully saturated rings. The Morgan fingerprint density at radius 3 is 2.55 bits per heavy atom. The molecule has 0 aliphatic heterocycles. The smallest absolute Gasteiger partial charge is 0.335 e. The molecule has 2 atom stereocenters. The van der Waals surface area contributed by atoms with Crippen molar-refractivity contribution in [2.75, 3.05) is 0 Å². The number of carboxylic acids is 1. The monoisotopic (exact) mass is 397 g/mol. The summed E-state index contributed by atoms with van der Waals surface area (Å²) in [5.41, 5.74) is 0.712. The topological polar surface area (TPSA) is 81.3 Å². The summed E-state index contributed by atoms with van der Waals surface area (Å²) < 4.78 is 0. The van der Waals surface area contributed by atoms with E-state index in [2.05, 4.69) is 19.1 Å². The molecule has 158 valence electrons. The zero-order valence-corrected chi connectivity index (χ0v) is 17.6. The minimum absolute atomic E-state index is 0.152. The summed E-state index contributed by atoms with van der Waals surface area (Å²) in [7, 11) is 0. The molecule has 0 aliphatic rings. The fourth-order valence-electron chi connectivity index (χ4n) is 3.29. The Labute approximate surface area is 175 Å². The number of rotatable bonds is 15. The summed E-state index contributed by atoms with van der Waals surface area (Å²) in [6, 6.07) is 8.48. The van der Waals surface area contributed by atoms with Gasteiger partial charge in [-0.1, -0.05) is 81.9 Å². The Kier molecular flexibility index (Phi) is 13.2. The van der Waals surface area contributed by atoms with Gasteiger partial charge in [-0.05, 0) is 37.0 Å². The molecule has 4 heteroatoms. The third-order valence-corrected chi connectivity index (χ3v) is 5.05. The van der Waals surface area contributed by atoms with Crippen molar-refractivity contribution < 1.29 is 15.0 Å². The Morgan fingerprint density at radius 1 is 1.14 bits per heavy atom. The molecule has 0 aromatic heterocycles. The molecule has 2 unspecified atom stereocenters. The summed E-state index contributed by atoms with van der Waals surface area (Å²) in [5, 5.41) is 28.7. The van der Waals surface area contributed by atoms with Gasteiger partial charge in [-0.2, -0.15) is 5.26 Å². The van der Waals surface area contributed by atoms with Gasteiger partial charge in [-0.25, -0.2) is 4.79 Å². The predicted molar refractivity (Wildman–Crippen MR) is 118 cm³/mol. The lowest BCUT2D eigenvalue weighted by Crippen LogP contribution is -2.11. The largest absolute Gasteiger partial charge is 0.478 e. The van der Waals surface area contributed by atoms with Gasteiger partial charge in [-0.3, -0.25) is 0 Å². The Morgan fingerprint density at radius 2 is 1.86 bits per heavy atom. The number of aliphatic hydroxyl groups excluding tert-OH is 1. The average molecular weight is 398 g/mol. The van der Waals surface area contributed by atoms with Crippen LogP contribution in [0.1, 0.15) is 93.2 Å². The van der Waals surface area contributed by atoms with Crippen LogP contribution in [0.25, 0.3) is 0 Å². The third kappa shape index (κ3) is 10.7. The first-order chi connectivity index (χ1) is 14.1. The standard InChI is InChI=1S/C25H35NO3/c1-2-3-4-5-6-7-8-9-10-11-12-15-21(18-14-19-26)24(27)22-16-13-17-23(20-22)25(28)29/h10-13,15-17,20-21,24,27H,2-9,14,18H2,1H3,(H,28,29)/b11-10-,15-12+. The zero-order chi connectivity index (χ0) is 21.3. The number of benzene rings is 1. The van der Waals surface area contributed by atoms with Gasteiger partial charge in [0.15, 0.2) is 0 Å². The molecule has 0 heterocycles. The van der Waals surface area contributed by atoms with E-state index in [1.54, 1.807) is 12.1 Å². The fraction of sp³-hybridized carbons (Fsp3) is 0.520. The quantitative estimate of drug-likeness (QED) is 0.258. The zero-order valence-electron chi connectivity index (χ0n) is 17.6. The highest BCUT2D eigenvalue weighted by Gasteiger charge is 2.19. The van der Waals surface area contributed by atoms with Gasteiger partial charge in [0.25, 0.3) is 0 Å². The summed E-state index contributed by atoms with van der Waals surface area (Å²) in [5.74, 6) is -1.25. The lowest BCUT2D eigenvalue weighted by atomic mass is 9.90. The van der Waals surface area contributed by atoms with Crippen molar-refractivity contribution in [3.8, 4) is 6.07 Å². The number of aromatic carboxylic acids is 1. The first kappa shape index (κ1) is 24.7. The second-order valence-electron chi connectivity index (χ2n) is 7.46. The van der Waals surface area contributed by atoms with Crippen LogP contribution in [0.4, 0.5) is 0 Å². The van der Waals surface area contributed by atoms with E-state index in [1.165, 1.54) is 57.1 Å². The molecule has 0 amide bonds. The predicted octanol–water partition coefficient (Wildman–Crippen LogP) is 6.59. The van der Waals surface area contributed by atoms with Crippen molar-refractivity contribution in [2.24, 2.45) is 5.92 Å². The van der Waals surface area contributed by atoms with Crippen LogP contribution in [0.5, 0.6) is 0 Å². The number of carboxylic acid groups (broad SMARTS) is 1. The van der Waals surface area contributed by atoms with Crippen LogP contribution in [-0.2, 0) is 0 Å². The van der Waals surface area contributed by atoms with Crippen LogP contribution in [0.2, 0.25) is 0 Å². The SMILES string of the molecule is CCCCCCCCC/C=C\C=C\C(CCC#N)C(O)c1cccc(C(=O)O)c1. The van der Waals surface area contributed by atoms with Crippen LogP contribution in [-0.4, -0.2) is 16.2 Å². The van der Waals surface area contributed by atoms with Gasteiger partial charge < -0.3 is 10.2 Å². The van der Waals surface area contributed by atoms with Crippen molar-refractivity contribution in [2.45, 2.75) is 77.2 Å². The molecular weight excluding hydrogens is 362 g/mol. The Bertz CT molecular complexity index is 688. The van der Waals surface area contributed by atoms with Crippen LogP contribution in [0.3, 0.4) is 0 Å². The number of allylic oxidation sites excluding steroid dienone is 3. The molecule has 0 saturated heterocycles. The number of hydrogen-bond donors (Lipinski definition) is 2. The highest BCUT2D eigenvalue weighted by atomic mass is 16.4. The maximum Gasteiger partial charge on any atom is 0.335 e. The van der Waals surface area contributed by atoms with Gasteiger partial charge in [0.2, 0.25) is 0 Å². The van der Waals surface area contributed by atoms with Gasteiger partial charge >= 0.3 is 5.97 Å². The van der Waals surface area contributed by atoms with Crippen LogP contribution in [0.15, 0.2) is 48.6 Å². The number of unbranched alkanes of at least 4 members (excludes halogenated alkanes) is 7. The van der Waals surface area contributed by atoms with E-state index in [0.717, 1.165) is 6.42 Å². The lowest BCUT2D eigenvalue weighted by molar-refractivity contribution is 0.0696. The minimum Gasteiger partial charge on any atom is -0.478 e. The van der Waals surface area contributed by atoms with Crippen molar-refractivity contribution in [1.82, 2.24) is 0 Å². The maximum atomic E-state index is 11.2. The van der Waals surface area contributed by atoms with E-state index in [1.807, 2.05) is 18.2 Å². The average Bonchev–Trinajstić information content (AvgIpc) is 2.73. The highest BCUT2D eigenvalue weighted by Crippen LogP contribution is 2.27. The molecule has 0 radical (unpaired) electrons. The first-order valence-corrected chi connectivity index (χ1v) is 10.8. The molecule has 1 rings (SSSR count). The van der Waals surface area contributed by atoms with Gasteiger partial charge in [0.05, 0.1) is 17.7 Å². The number of nitriles is 1. The van der Waals surface area contributed by atoms with E-state index in [-0.39, 0.29) is 11.5 Å².